The van der Waals surface area contributed by atoms with Crippen molar-refractivity contribution in [2.45, 2.75) is 24.5 Å². The predicted octanol–water partition coefficient (Wildman–Crippen LogP) is 2.13. The van der Waals surface area contributed by atoms with Crippen LogP contribution in [0.4, 0.5) is 13.2 Å². The van der Waals surface area contributed by atoms with Crippen molar-refractivity contribution >= 4 is 15.9 Å². The zero-order valence-corrected chi connectivity index (χ0v) is 8.14. The standard InChI is InChI=1S/C6H7BrF3N3/c7-3-5-4-13(12-11-5)2-1-6(8,9)10/h4H,1-3H2. The molecule has 13 heavy (non-hydrogen) atoms. The van der Waals surface area contributed by atoms with E-state index in [1.54, 1.807) is 0 Å². The van der Waals surface area contributed by atoms with Crippen molar-refractivity contribution in [1.29, 1.82) is 0 Å². The molecule has 0 saturated heterocycles. The Balaban J connectivity index is 2.46. The first-order valence-electron chi connectivity index (χ1n) is 3.53. The number of aromatic nitrogens is 3. The van der Waals surface area contributed by atoms with Gasteiger partial charge in [-0.3, -0.25) is 4.68 Å². The van der Waals surface area contributed by atoms with E-state index >= 15 is 0 Å². The predicted molar refractivity (Wildman–Crippen MR) is 43.3 cm³/mol. The Bertz CT molecular complexity index is 270. The summed E-state index contributed by atoms with van der Waals surface area (Å²) in [4.78, 5) is 0. The molecule has 0 saturated carbocycles. The average molecular weight is 258 g/mol. The maximum absolute atomic E-state index is 11.8. The third kappa shape index (κ3) is 3.75. The Morgan fingerprint density at radius 3 is 2.62 bits per heavy atom. The van der Waals surface area contributed by atoms with Crippen molar-refractivity contribution in [3.05, 3.63) is 11.9 Å². The maximum atomic E-state index is 11.8. The van der Waals surface area contributed by atoms with Crippen LogP contribution >= 0.6 is 15.9 Å². The largest absolute Gasteiger partial charge is 0.390 e. The summed E-state index contributed by atoms with van der Waals surface area (Å²) < 4.78 is 36.5. The summed E-state index contributed by atoms with van der Waals surface area (Å²) in [6.07, 6.45) is -3.53. The molecule has 0 bridgehead atoms. The third-order valence-corrected chi connectivity index (χ3v) is 1.92. The van der Waals surface area contributed by atoms with E-state index in [1.807, 2.05) is 0 Å². The monoisotopic (exact) mass is 257 g/mol. The number of alkyl halides is 4. The number of rotatable bonds is 3. The highest BCUT2D eigenvalue weighted by atomic mass is 79.9. The Labute approximate surface area is 81.1 Å². The molecule has 74 valence electrons. The molecule has 0 amide bonds. The van der Waals surface area contributed by atoms with Gasteiger partial charge in [0.15, 0.2) is 0 Å². The minimum atomic E-state index is -4.14. The number of hydrogen-bond acceptors (Lipinski definition) is 2. The van der Waals surface area contributed by atoms with Crippen LogP contribution in [0, 0.1) is 0 Å². The number of nitrogens with zero attached hydrogens (tertiary/aromatic N) is 3. The molecule has 0 aliphatic heterocycles. The SMILES string of the molecule is FC(F)(F)CCn1cc(CBr)nn1. The lowest BCUT2D eigenvalue weighted by Crippen LogP contribution is -2.12. The fourth-order valence-corrected chi connectivity index (χ4v) is 1.01. The van der Waals surface area contributed by atoms with Crippen molar-refractivity contribution in [2.75, 3.05) is 0 Å². The molecule has 0 aliphatic rings. The van der Waals surface area contributed by atoms with Crippen molar-refractivity contribution in [3.63, 3.8) is 0 Å². The van der Waals surface area contributed by atoms with E-state index in [2.05, 4.69) is 26.2 Å². The molecule has 1 aromatic rings. The van der Waals surface area contributed by atoms with E-state index in [4.69, 9.17) is 0 Å². The van der Waals surface area contributed by atoms with Gasteiger partial charge in [0.25, 0.3) is 0 Å². The molecule has 0 fully saturated rings. The molecule has 1 aromatic heterocycles. The van der Waals surface area contributed by atoms with Crippen LogP contribution in [-0.4, -0.2) is 21.2 Å². The van der Waals surface area contributed by atoms with Gasteiger partial charge in [0, 0.05) is 11.5 Å². The van der Waals surface area contributed by atoms with Crippen LogP contribution in [0.1, 0.15) is 12.1 Å². The Morgan fingerprint density at radius 1 is 1.46 bits per heavy atom. The second-order valence-electron chi connectivity index (χ2n) is 2.47. The number of hydrogen-bond donors (Lipinski definition) is 0. The van der Waals surface area contributed by atoms with Crippen LogP contribution in [-0.2, 0) is 11.9 Å². The van der Waals surface area contributed by atoms with E-state index in [0.29, 0.717) is 11.0 Å². The Kier molecular flexibility index (Phi) is 3.29. The molecular formula is C6H7BrF3N3. The lowest BCUT2D eigenvalue weighted by Gasteiger charge is -2.04. The van der Waals surface area contributed by atoms with Crippen molar-refractivity contribution < 1.29 is 13.2 Å². The smallest absolute Gasteiger partial charge is 0.252 e. The Hall–Kier alpha value is -0.590. The van der Waals surface area contributed by atoms with Crippen LogP contribution in [0.15, 0.2) is 6.20 Å². The number of aryl methyl sites for hydroxylation is 1. The van der Waals surface area contributed by atoms with Crippen LogP contribution < -0.4 is 0 Å². The summed E-state index contributed by atoms with van der Waals surface area (Å²) in [5.74, 6) is 0. The highest BCUT2D eigenvalue weighted by Gasteiger charge is 2.26. The summed E-state index contributed by atoms with van der Waals surface area (Å²) >= 11 is 3.12. The fourth-order valence-electron chi connectivity index (χ4n) is 0.750. The molecule has 1 rings (SSSR count). The Morgan fingerprint density at radius 2 is 2.15 bits per heavy atom. The first kappa shape index (κ1) is 10.5. The van der Waals surface area contributed by atoms with Gasteiger partial charge in [-0.05, 0) is 0 Å². The zero-order valence-electron chi connectivity index (χ0n) is 6.55. The second kappa shape index (κ2) is 4.08. The van der Waals surface area contributed by atoms with Gasteiger partial charge in [-0.25, -0.2) is 0 Å². The highest BCUT2D eigenvalue weighted by Crippen LogP contribution is 2.19. The normalized spacial score (nSPS) is 12.0. The second-order valence-corrected chi connectivity index (χ2v) is 3.03. The zero-order chi connectivity index (χ0) is 9.90. The summed E-state index contributed by atoms with van der Waals surface area (Å²) in [5.41, 5.74) is 0.627. The van der Waals surface area contributed by atoms with Gasteiger partial charge in [0.2, 0.25) is 0 Å². The molecule has 0 aromatic carbocycles. The molecule has 0 spiro atoms. The molecule has 0 aliphatic carbocycles. The summed E-state index contributed by atoms with van der Waals surface area (Å²) in [7, 11) is 0. The molecule has 1 heterocycles. The molecule has 0 unspecified atom stereocenters. The van der Waals surface area contributed by atoms with Gasteiger partial charge < -0.3 is 0 Å². The van der Waals surface area contributed by atoms with Gasteiger partial charge in [0.05, 0.1) is 18.7 Å². The lowest BCUT2D eigenvalue weighted by atomic mass is 10.4. The molecule has 0 N–H and O–H groups in total. The van der Waals surface area contributed by atoms with Gasteiger partial charge >= 0.3 is 6.18 Å². The first-order valence-corrected chi connectivity index (χ1v) is 4.65. The third-order valence-electron chi connectivity index (χ3n) is 1.35. The molecule has 0 atom stereocenters. The molecule has 0 radical (unpaired) electrons. The van der Waals surface area contributed by atoms with Gasteiger partial charge in [-0.15, -0.1) is 5.10 Å². The maximum Gasteiger partial charge on any atom is 0.390 e. The van der Waals surface area contributed by atoms with E-state index in [0.717, 1.165) is 0 Å². The van der Waals surface area contributed by atoms with E-state index < -0.39 is 12.6 Å². The van der Waals surface area contributed by atoms with Crippen molar-refractivity contribution in [2.24, 2.45) is 0 Å². The van der Waals surface area contributed by atoms with Crippen LogP contribution in [0.25, 0.3) is 0 Å². The van der Waals surface area contributed by atoms with E-state index in [1.165, 1.54) is 10.9 Å². The van der Waals surface area contributed by atoms with Crippen molar-refractivity contribution in [1.82, 2.24) is 15.0 Å². The van der Waals surface area contributed by atoms with Crippen LogP contribution in [0.3, 0.4) is 0 Å². The molecule has 3 nitrogen and oxygen atoms in total. The number of halogens is 4. The summed E-state index contributed by atoms with van der Waals surface area (Å²) in [6.45, 7) is -0.177. The van der Waals surface area contributed by atoms with Gasteiger partial charge in [-0.1, -0.05) is 21.1 Å². The van der Waals surface area contributed by atoms with E-state index in [-0.39, 0.29) is 6.54 Å². The van der Waals surface area contributed by atoms with Crippen molar-refractivity contribution in [3.8, 4) is 0 Å². The van der Waals surface area contributed by atoms with Crippen LogP contribution in [0.5, 0.6) is 0 Å². The van der Waals surface area contributed by atoms with E-state index in [9.17, 15) is 13.2 Å². The molecular weight excluding hydrogens is 251 g/mol. The first-order chi connectivity index (χ1) is 6.01. The van der Waals surface area contributed by atoms with Gasteiger partial charge in [-0.2, -0.15) is 13.2 Å². The summed E-state index contributed by atoms with van der Waals surface area (Å²) in [5, 5.41) is 7.66. The lowest BCUT2D eigenvalue weighted by molar-refractivity contribution is -0.137. The quantitative estimate of drug-likeness (QED) is 0.777. The minimum absolute atomic E-state index is 0.177. The van der Waals surface area contributed by atoms with Gasteiger partial charge in [0.1, 0.15) is 0 Å². The van der Waals surface area contributed by atoms with Crippen LogP contribution in [0.2, 0.25) is 0 Å². The summed E-state index contributed by atoms with van der Waals surface area (Å²) in [6, 6.07) is 0. The molecule has 7 heteroatoms. The average Bonchev–Trinajstić information content (AvgIpc) is 2.47. The minimum Gasteiger partial charge on any atom is -0.252 e. The fraction of sp³-hybridized carbons (Fsp3) is 0.667. The topological polar surface area (TPSA) is 30.7 Å². The highest BCUT2D eigenvalue weighted by molar-refractivity contribution is 9.08.